The number of nitrogens with one attached hydrogen (secondary N) is 3. The summed E-state index contributed by atoms with van der Waals surface area (Å²) in [7, 11) is 3.32. The molecule has 1 aromatic carbocycles. The molecule has 1 aromatic rings. The van der Waals surface area contributed by atoms with Crippen LogP contribution < -0.4 is 20.3 Å². The topological polar surface area (TPSA) is 71.9 Å². The van der Waals surface area contributed by atoms with Crippen LogP contribution in [0.25, 0.3) is 0 Å². The lowest BCUT2D eigenvalue weighted by Gasteiger charge is -2.14. The molecule has 0 radical (unpaired) electrons. The van der Waals surface area contributed by atoms with Crippen LogP contribution in [0.15, 0.2) is 24.3 Å². The first-order chi connectivity index (χ1) is 10.4. The minimum absolute atomic E-state index is 0.0533. The fourth-order valence-corrected chi connectivity index (χ4v) is 1.80. The number of hydrogen-bond donors (Lipinski definition) is 3. The number of quaternary nitrogens is 1. The molecule has 0 saturated heterocycles. The van der Waals surface area contributed by atoms with Crippen LogP contribution in [0, 0.1) is 0 Å². The maximum absolute atomic E-state index is 12.0. The molecule has 0 bridgehead atoms. The van der Waals surface area contributed by atoms with Crippen LogP contribution in [0.3, 0.4) is 0 Å². The summed E-state index contributed by atoms with van der Waals surface area (Å²) in [6.45, 7) is -2.15. The minimum Gasteiger partial charge on any atom is -0.435 e. The predicted octanol–water partition coefficient (Wildman–Crippen LogP) is -0.835. The summed E-state index contributed by atoms with van der Waals surface area (Å²) in [5.41, 5.74) is 0.887. The summed E-state index contributed by atoms with van der Waals surface area (Å²) < 4.78 is 28.3. The number of ether oxygens (including phenoxy) is 1. The van der Waals surface area contributed by atoms with Gasteiger partial charge >= 0.3 is 6.61 Å². The van der Waals surface area contributed by atoms with Gasteiger partial charge in [0.25, 0.3) is 5.91 Å². The van der Waals surface area contributed by atoms with Gasteiger partial charge in [-0.05, 0) is 24.3 Å². The summed E-state index contributed by atoms with van der Waals surface area (Å²) >= 11 is 0. The van der Waals surface area contributed by atoms with E-state index in [2.05, 4.69) is 15.4 Å². The third-order valence-corrected chi connectivity index (χ3v) is 2.84. The Bertz CT molecular complexity index is 495. The molecular weight excluding hydrogens is 296 g/mol. The molecular formula is C14H20F2N3O3+. The van der Waals surface area contributed by atoms with Crippen molar-refractivity contribution >= 4 is 11.8 Å². The third kappa shape index (κ3) is 6.98. The number of amides is 2. The van der Waals surface area contributed by atoms with Crippen LogP contribution in [0.5, 0.6) is 5.75 Å². The van der Waals surface area contributed by atoms with Gasteiger partial charge in [-0.1, -0.05) is 0 Å². The monoisotopic (exact) mass is 316 g/mol. The van der Waals surface area contributed by atoms with E-state index in [1.807, 2.05) is 7.05 Å². The Morgan fingerprint density at radius 1 is 1.23 bits per heavy atom. The second-order valence-corrected chi connectivity index (χ2v) is 4.78. The van der Waals surface area contributed by atoms with E-state index in [1.54, 1.807) is 12.1 Å². The van der Waals surface area contributed by atoms with Gasteiger partial charge in [-0.15, -0.1) is 0 Å². The average molecular weight is 316 g/mol. The Kier molecular flexibility index (Phi) is 7.24. The lowest BCUT2D eigenvalue weighted by molar-refractivity contribution is -0.885. The van der Waals surface area contributed by atoms with Gasteiger partial charge in [0.05, 0.1) is 13.6 Å². The van der Waals surface area contributed by atoms with Gasteiger partial charge in [0.15, 0.2) is 6.54 Å². The van der Waals surface area contributed by atoms with Gasteiger partial charge in [0.2, 0.25) is 5.91 Å². The van der Waals surface area contributed by atoms with Crippen molar-refractivity contribution in [1.82, 2.24) is 10.6 Å². The Labute approximate surface area is 127 Å². The fraction of sp³-hybridized carbons (Fsp3) is 0.429. The maximum Gasteiger partial charge on any atom is 0.387 e. The molecule has 6 nitrogen and oxygen atoms in total. The van der Waals surface area contributed by atoms with Crippen molar-refractivity contribution in [3.8, 4) is 5.75 Å². The summed E-state index contributed by atoms with van der Waals surface area (Å²) in [6, 6.07) is 6.26. The molecule has 122 valence electrons. The molecule has 22 heavy (non-hydrogen) atoms. The van der Waals surface area contributed by atoms with Crippen molar-refractivity contribution in [1.29, 1.82) is 0 Å². The first kappa shape index (κ1) is 17.8. The van der Waals surface area contributed by atoms with E-state index >= 15 is 0 Å². The second kappa shape index (κ2) is 8.93. The molecule has 0 aliphatic rings. The van der Waals surface area contributed by atoms with Gasteiger partial charge in [-0.3, -0.25) is 9.59 Å². The molecule has 1 rings (SSSR count). The van der Waals surface area contributed by atoms with E-state index in [1.165, 1.54) is 19.2 Å². The number of alkyl halides is 2. The molecule has 0 heterocycles. The fourth-order valence-electron chi connectivity index (χ4n) is 1.80. The van der Waals surface area contributed by atoms with E-state index in [0.717, 1.165) is 10.5 Å². The summed E-state index contributed by atoms with van der Waals surface area (Å²) in [6.07, 6.45) is 0. The van der Waals surface area contributed by atoms with Gasteiger partial charge in [-0.25, -0.2) is 0 Å². The van der Waals surface area contributed by atoms with Crippen molar-refractivity contribution < 1.29 is 28.0 Å². The highest BCUT2D eigenvalue weighted by molar-refractivity contribution is 5.84. The number of halogens is 2. The van der Waals surface area contributed by atoms with E-state index in [4.69, 9.17) is 0 Å². The highest BCUT2D eigenvalue weighted by Crippen LogP contribution is 2.14. The Morgan fingerprint density at radius 2 is 1.86 bits per heavy atom. The number of likely N-dealkylation sites (N-methyl/N-ethyl adjacent to an activating group) is 2. The number of carbonyl (C=O) groups excluding carboxylic acids is 2. The van der Waals surface area contributed by atoms with Crippen LogP contribution in [0.4, 0.5) is 8.78 Å². The Balaban J connectivity index is 2.39. The Morgan fingerprint density at radius 3 is 2.41 bits per heavy atom. The van der Waals surface area contributed by atoms with Gasteiger partial charge in [0.1, 0.15) is 12.3 Å². The molecule has 1 atom stereocenters. The maximum atomic E-state index is 12.0. The summed E-state index contributed by atoms with van der Waals surface area (Å²) in [5, 5.41) is 4.91. The normalized spacial score (nSPS) is 11.9. The smallest absolute Gasteiger partial charge is 0.387 e. The largest absolute Gasteiger partial charge is 0.435 e. The number of benzene rings is 1. The van der Waals surface area contributed by atoms with E-state index in [-0.39, 0.29) is 30.7 Å². The molecule has 0 aliphatic heterocycles. The first-order valence-corrected chi connectivity index (χ1v) is 6.73. The standard InChI is InChI=1S/C14H19F2N3O3/c1-17-12(20)7-18-13(21)9-19(2)8-10-3-5-11(6-4-10)22-14(15)16/h3-6,14H,7-9H2,1-2H3,(H,17,20)(H,18,21)/p+1. The highest BCUT2D eigenvalue weighted by atomic mass is 19.3. The molecule has 0 saturated carbocycles. The molecule has 0 spiro atoms. The molecule has 0 aromatic heterocycles. The third-order valence-electron chi connectivity index (χ3n) is 2.84. The van der Waals surface area contributed by atoms with Gasteiger partial charge in [-0.2, -0.15) is 8.78 Å². The second-order valence-electron chi connectivity index (χ2n) is 4.78. The van der Waals surface area contributed by atoms with Crippen molar-refractivity contribution in [2.75, 3.05) is 27.2 Å². The van der Waals surface area contributed by atoms with Crippen LogP contribution in [0.1, 0.15) is 5.56 Å². The zero-order valence-corrected chi connectivity index (χ0v) is 12.5. The van der Waals surface area contributed by atoms with Gasteiger partial charge < -0.3 is 20.3 Å². The zero-order chi connectivity index (χ0) is 16.5. The predicted molar refractivity (Wildman–Crippen MR) is 75.6 cm³/mol. The average Bonchev–Trinajstić information content (AvgIpc) is 2.46. The number of hydrogen-bond acceptors (Lipinski definition) is 3. The van der Waals surface area contributed by atoms with E-state index in [9.17, 15) is 18.4 Å². The van der Waals surface area contributed by atoms with Crippen molar-refractivity contribution in [3.05, 3.63) is 29.8 Å². The van der Waals surface area contributed by atoms with Gasteiger partial charge in [0, 0.05) is 12.6 Å². The highest BCUT2D eigenvalue weighted by Gasteiger charge is 2.12. The zero-order valence-electron chi connectivity index (χ0n) is 12.5. The van der Waals surface area contributed by atoms with Crippen molar-refractivity contribution in [2.45, 2.75) is 13.2 Å². The van der Waals surface area contributed by atoms with Crippen molar-refractivity contribution in [2.24, 2.45) is 0 Å². The molecule has 2 amide bonds. The van der Waals surface area contributed by atoms with Crippen LogP contribution in [0.2, 0.25) is 0 Å². The van der Waals surface area contributed by atoms with Crippen LogP contribution in [-0.2, 0) is 16.1 Å². The number of carbonyl (C=O) groups is 2. The SMILES string of the molecule is CNC(=O)CNC(=O)C[NH+](C)Cc1ccc(OC(F)F)cc1. The molecule has 1 unspecified atom stereocenters. The van der Waals surface area contributed by atoms with Crippen LogP contribution >= 0.6 is 0 Å². The molecule has 8 heteroatoms. The lowest BCUT2D eigenvalue weighted by Crippen LogP contribution is -3.08. The van der Waals surface area contributed by atoms with E-state index in [0.29, 0.717) is 6.54 Å². The van der Waals surface area contributed by atoms with Crippen molar-refractivity contribution in [3.63, 3.8) is 0 Å². The summed E-state index contributed by atoms with van der Waals surface area (Å²) in [5.74, 6) is -0.404. The first-order valence-electron chi connectivity index (χ1n) is 6.73. The summed E-state index contributed by atoms with van der Waals surface area (Å²) in [4.78, 5) is 23.5. The lowest BCUT2D eigenvalue weighted by atomic mass is 10.2. The molecule has 0 fully saturated rings. The number of rotatable bonds is 8. The quantitative estimate of drug-likeness (QED) is 0.586. The minimum atomic E-state index is -2.84. The molecule has 3 N–H and O–H groups in total. The molecule has 0 aliphatic carbocycles. The van der Waals surface area contributed by atoms with E-state index < -0.39 is 6.61 Å². The Hall–Kier alpha value is -2.22. The van der Waals surface area contributed by atoms with Crippen LogP contribution in [-0.4, -0.2) is 45.6 Å².